The van der Waals surface area contributed by atoms with E-state index < -0.39 is 23.4 Å². The molecular formula is C24H28ClN5O5. The average molecular weight is 502 g/mol. The topological polar surface area (TPSA) is 130 Å². The van der Waals surface area contributed by atoms with Crippen molar-refractivity contribution in [1.82, 2.24) is 14.1 Å². The molecule has 3 aromatic rings. The van der Waals surface area contributed by atoms with E-state index in [9.17, 15) is 14.4 Å². The van der Waals surface area contributed by atoms with E-state index in [2.05, 4.69) is 29.0 Å². The first-order valence-electron chi connectivity index (χ1n) is 11.0. The number of benzene rings is 2. The number of rotatable bonds is 10. The lowest BCUT2D eigenvalue weighted by molar-refractivity contribution is -0.145. The molecule has 11 heteroatoms. The summed E-state index contributed by atoms with van der Waals surface area (Å²) in [7, 11) is 0. The fraction of sp³-hybridized carbons (Fsp3) is 0.333. The van der Waals surface area contributed by atoms with E-state index in [0.29, 0.717) is 29.0 Å². The lowest BCUT2D eigenvalue weighted by atomic mass is 10.2. The van der Waals surface area contributed by atoms with E-state index >= 15 is 0 Å². The summed E-state index contributed by atoms with van der Waals surface area (Å²) in [5.41, 5.74) is -0.0794. The van der Waals surface area contributed by atoms with E-state index in [-0.39, 0.29) is 18.9 Å². The maximum Gasteiger partial charge on any atom is 0.355 e. The molecule has 35 heavy (non-hydrogen) atoms. The maximum atomic E-state index is 13.4. The lowest BCUT2D eigenvalue weighted by Crippen LogP contribution is -2.44. The molecule has 3 rings (SSSR count). The van der Waals surface area contributed by atoms with Gasteiger partial charge in [0.2, 0.25) is 5.95 Å². The number of hydrogen-bond donors (Lipinski definition) is 2. The number of carbonyl (C=O) groups excluding carboxylic acids is 1. The van der Waals surface area contributed by atoms with Gasteiger partial charge in [0.25, 0.3) is 0 Å². The summed E-state index contributed by atoms with van der Waals surface area (Å²) in [5.74, 6) is 5.29. The molecule has 0 bridgehead atoms. The maximum absolute atomic E-state index is 13.4. The van der Waals surface area contributed by atoms with Crippen molar-refractivity contribution < 1.29 is 14.4 Å². The van der Waals surface area contributed by atoms with Crippen molar-refractivity contribution >= 4 is 29.2 Å². The van der Waals surface area contributed by atoms with Gasteiger partial charge in [-0.1, -0.05) is 37.6 Å². The van der Waals surface area contributed by atoms with Crippen LogP contribution in [0, 0.1) is 5.92 Å². The molecule has 2 aromatic carbocycles. The second-order valence-electron chi connectivity index (χ2n) is 8.48. The van der Waals surface area contributed by atoms with Crippen LogP contribution in [0.15, 0.2) is 58.1 Å². The number of aromatic nitrogens is 3. The van der Waals surface area contributed by atoms with Gasteiger partial charge in [-0.15, -0.1) is 0 Å². The van der Waals surface area contributed by atoms with Gasteiger partial charge >= 0.3 is 17.3 Å². The third-order valence-corrected chi connectivity index (χ3v) is 5.33. The van der Waals surface area contributed by atoms with Gasteiger partial charge in [0, 0.05) is 10.7 Å². The largest absolute Gasteiger partial charge is 0.493 e. The number of nitrogens with zero attached hydrogens (tertiary/aromatic N) is 3. The first-order chi connectivity index (χ1) is 16.7. The Bertz CT molecular complexity index is 1270. The fourth-order valence-corrected chi connectivity index (χ4v) is 3.43. The summed E-state index contributed by atoms with van der Waals surface area (Å²) >= 11 is 5.98. The normalized spacial score (nSPS) is 11.8. The van der Waals surface area contributed by atoms with Gasteiger partial charge < -0.3 is 14.9 Å². The number of halogens is 1. The second-order valence-corrected chi connectivity index (χ2v) is 8.92. The summed E-state index contributed by atoms with van der Waals surface area (Å²) in [4.78, 5) is 46.1. The van der Waals surface area contributed by atoms with Crippen LogP contribution in [-0.2, 0) is 16.2 Å². The van der Waals surface area contributed by atoms with E-state index in [0.717, 1.165) is 10.1 Å². The van der Waals surface area contributed by atoms with Crippen molar-refractivity contribution in [2.24, 2.45) is 11.8 Å². The Morgan fingerprint density at radius 1 is 1.09 bits per heavy atom. The Morgan fingerprint density at radius 2 is 1.74 bits per heavy atom. The molecule has 0 fully saturated rings. The van der Waals surface area contributed by atoms with Crippen molar-refractivity contribution in [3.63, 3.8) is 0 Å². The van der Waals surface area contributed by atoms with E-state index in [1.807, 2.05) is 0 Å². The monoisotopic (exact) mass is 501 g/mol. The van der Waals surface area contributed by atoms with Gasteiger partial charge in [-0.25, -0.2) is 14.2 Å². The zero-order chi connectivity index (χ0) is 25.5. The van der Waals surface area contributed by atoms with Gasteiger partial charge in [0.15, 0.2) is 0 Å². The minimum atomic E-state index is -0.818. The van der Waals surface area contributed by atoms with Crippen molar-refractivity contribution in [3.8, 4) is 5.75 Å². The highest BCUT2D eigenvalue weighted by molar-refractivity contribution is 6.30. The highest BCUT2D eigenvalue weighted by Gasteiger charge is 2.20. The highest BCUT2D eigenvalue weighted by Crippen LogP contribution is 2.20. The fourth-order valence-electron chi connectivity index (χ4n) is 3.30. The van der Waals surface area contributed by atoms with Crippen LogP contribution >= 0.6 is 11.6 Å². The Balaban J connectivity index is 1.99. The van der Waals surface area contributed by atoms with E-state index in [4.69, 9.17) is 22.2 Å². The summed E-state index contributed by atoms with van der Waals surface area (Å²) in [5, 5.41) is 3.59. The molecule has 1 atom stereocenters. The van der Waals surface area contributed by atoms with Crippen LogP contribution in [0.1, 0.15) is 38.8 Å². The predicted molar refractivity (Wildman–Crippen MR) is 133 cm³/mol. The van der Waals surface area contributed by atoms with Crippen LogP contribution < -0.4 is 27.3 Å². The number of carbonyl (C=O) groups is 1. The number of hydrogen-bond acceptors (Lipinski definition) is 8. The van der Waals surface area contributed by atoms with Gasteiger partial charge in [-0.3, -0.25) is 9.36 Å². The second kappa shape index (κ2) is 11.7. The van der Waals surface area contributed by atoms with Crippen molar-refractivity contribution in [1.29, 1.82) is 0 Å². The molecule has 0 unspecified atom stereocenters. The highest BCUT2D eigenvalue weighted by atomic mass is 35.5. The van der Waals surface area contributed by atoms with Gasteiger partial charge in [0.05, 0.1) is 25.6 Å². The van der Waals surface area contributed by atoms with Gasteiger partial charge in [-0.05, 0) is 54.8 Å². The van der Waals surface area contributed by atoms with Crippen LogP contribution in [0.4, 0.5) is 11.6 Å². The third kappa shape index (κ3) is 6.93. The minimum absolute atomic E-state index is 0.0515. The van der Waals surface area contributed by atoms with Crippen LogP contribution in [0.3, 0.4) is 0 Å². The van der Waals surface area contributed by atoms with E-state index in [1.54, 1.807) is 48.5 Å². The standard InChI is InChI=1S/C24H28ClN5O5/c1-15(2)14-34-20-10-8-19(9-11-20)27-22-28-23(32)30(16(3)12-21(31)35-26)24(33)29(22)13-17-4-6-18(25)7-5-17/h4-11,15-16H,12-14,26H2,1-3H3,(H,27,28,32)/t16-/m0/s1. The van der Waals surface area contributed by atoms with Gasteiger partial charge in [0.1, 0.15) is 5.75 Å². The number of ether oxygens (including phenoxy) is 1. The number of nitrogens with one attached hydrogen (secondary N) is 1. The Hall–Kier alpha value is -3.63. The molecule has 1 aromatic heterocycles. The molecule has 186 valence electrons. The first kappa shape index (κ1) is 26.0. The molecule has 0 aliphatic rings. The van der Waals surface area contributed by atoms with Crippen molar-refractivity contribution in [2.45, 2.75) is 39.8 Å². The third-order valence-electron chi connectivity index (χ3n) is 5.08. The van der Waals surface area contributed by atoms with Crippen LogP contribution in [0.2, 0.25) is 5.02 Å². The molecule has 0 saturated heterocycles. The summed E-state index contributed by atoms with van der Waals surface area (Å²) in [6, 6.07) is 13.2. The van der Waals surface area contributed by atoms with Crippen LogP contribution in [-0.4, -0.2) is 26.7 Å². The smallest absolute Gasteiger partial charge is 0.355 e. The molecule has 0 amide bonds. The predicted octanol–water partition coefficient (Wildman–Crippen LogP) is 3.25. The summed E-state index contributed by atoms with van der Waals surface area (Å²) < 4.78 is 7.92. The Morgan fingerprint density at radius 3 is 2.34 bits per heavy atom. The molecule has 0 aliphatic carbocycles. The number of anilines is 2. The average Bonchev–Trinajstić information content (AvgIpc) is 2.82. The van der Waals surface area contributed by atoms with Gasteiger partial charge in [-0.2, -0.15) is 10.9 Å². The Labute approximate surface area is 207 Å². The molecule has 0 radical (unpaired) electrons. The summed E-state index contributed by atoms with van der Waals surface area (Å²) in [6.07, 6.45) is -0.265. The molecule has 10 nitrogen and oxygen atoms in total. The SMILES string of the molecule is CC(C)COc1ccc(Nc2nc(=O)n([C@@H](C)CC(=O)ON)c(=O)n2Cc2ccc(Cl)cc2)cc1. The minimum Gasteiger partial charge on any atom is -0.493 e. The zero-order valence-corrected chi connectivity index (χ0v) is 20.5. The number of nitrogens with two attached hydrogens (primary N) is 1. The Kier molecular flexibility index (Phi) is 8.67. The first-order valence-corrected chi connectivity index (χ1v) is 11.4. The van der Waals surface area contributed by atoms with Crippen LogP contribution in [0.25, 0.3) is 0 Å². The molecule has 0 spiro atoms. The molecule has 3 N–H and O–H groups in total. The molecule has 0 aliphatic heterocycles. The van der Waals surface area contributed by atoms with Crippen molar-refractivity contribution in [2.75, 3.05) is 11.9 Å². The quantitative estimate of drug-likeness (QED) is 0.405. The zero-order valence-electron chi connectivity index (χ0n) is 19.7. The molecular weight excluding hydrogens is 474 g/mol. The summed E-state index contributed by atoms with van der Waals surface area (Å²) in [6.45, 7) is 6.35. The van der Waals surface area contributed by atoms with E-state index in [1.165, 1.54) is 11.5 Å². The van der Waals surface area contributed by atoms with Crippen LogP contribution in [0.5, 0.6) is 5.75 Å². The lowest BCUT2D eigenvalue weighted by Gasteiger charge is -2.18. The molecule has 1 heterocycles. The van der Waals surface area contributed by atoms with Crippen molar-refractivity contribution in [3.05, 3.63) is 80.1 Å². The molecule has 0 saturated carbocycles.